The van der Waals surface area contributed by atoms with E-state index in [1.165, 1.54) is 0 Å². The highest BCUT2D eigenvalue weighted by molar-refractivity contribution is 5.89. The van der Waals surface area contributed by atoms with Crippen LogP contribution in [0.3, 0.4) is 0 Å². The zero-order valence-corrected chi connectivity index (χ0v) is 9.30. The fraction of sp³-hybridized carbons (Fsp3) is 0.500. The molecule has 1 heterocycles. The van der Waals surface area contributed by atoms with Crippen molar-refractivity contribution in [3.05, 3.63) is 32.7 Å². The molecule has 1 aromatic heterocycles. The van der Waals surface area contributed by atoms with E-state index in [-0.39, 0.29) is 5.56 Å². The van der Waals surface area contributed by atoms with Gasteiger partial charge in [0, 0.05) is 5.69 Å². The predicted octanol–water partition coefficient (Wildman–Crippen LogP) is 1.65. The molecule has 4 heteroatoms. The molecule has 4 nitrogen and oxygen atoms in total. The maximum atomic E-state index is 11.6. The fourth-order valence-electron chi connectivity index (χ4n) is 2.41. The summed E-state index contributed by atoms with van der Waals surface area (Å²) in [6, 6.07) is 0. The lowest BCUT2D eigenvalue weighted by molar-refractivity contribution is 0.0694. The van der Waals surface area contributed by atoms with Crippen molar-refractivity contribution in [1.29, 1.82) is 0 Å². The summed E-state index contributed by atoms with van der Waals surface area (Å²) in [7, 11) is 0. The number of aryl methyl sites for hydroxylation is 1. The van der Waals surface area contributed by atoms with Crippen molar-refractivity contribution in [3.63, 3.8) is 0 Å². The summed E-state index contributed by atoms with van der Waals surface area (Å²) < 4.78 is 0. The molecular weight excluding hydrogens is 206 g/mol. The zero-order valence-electron chi connectivity index (χ0n) is 9.30. The van der Waals surface area contributed by atoms with Crippen LogP contribution in [0.15, 0.2) is 4.79 Å². The first-order valence-electron chi connectivity index (χ1n) is 5.59. The number of aromatic nitrogens is 1. The van der Waals surface area contributed by atoms with Gasteiger partial charge in [-0.25, -0.2) is 4.79 Å². The van der Waals surface area contributed by atoms with Crippen LogP contribution >= 0.6 is 0 Å². The minimum absolute atomic E-state index is 0.0966. The minimum Gasteiger partial charge on any atom is -0.477 e. The number of fused-ring (bicyclic) bond motifs is 1. The SMILES string of the molecule is Cc1c2c([nH]c(=O)c1C(=O)O)CCCCC2. The number of H-pyrrole nitrogens is 1. The molecule has 0 spiro atoms. The average Bonchev–Trinajstić information content (AvgIpc) is 2.42. The monoisotopic (exact) mass is 221 g/mol. The molecule has 1 aromatic rings. The Labute approximate surface area is 93.3 Å². The maximum Gasteiger partial charge on any atom is 0.341 e. The van der Waals surface area contributed by atoms with Gasteiger partial charge in [-0.15, -0.1) is 0 Å². The number of carbonyl (C=O) groups is 1. The minimum atomic E-state index is -1.13. The number of aromatic amines is 1. The Morgan fingerprint density at radius 1 is 1.25 bits per heavy atom. The number of hydrogen-bond donors (Lipinski definition) is 2. The van der Waals surface area contributed by atoms with E-state index in [9.17, 15) is 9.59 Å². The van der Waals surface area contributed by atoms with Gasteiger partial charge in [0.2, 0.25) is 0 Å². The Bertz CT molecular complexity index is 488. The van der Waals surface area contributed by atoms with Crippen molar-refractivity contribution in [3.8, 4) is 0 Å². The van der Waals surface area contributed by atoms with Crippen LogP contribution in [-0.2, 0) is 12.8 Å². The van der Waals surface area contributed by atoms with Gasteiger partial charge in [-0.05, 0) is 43.7 Å². The highest BCUT2D eigenvalue weighted by Crippen LogP contribution is 2.22. The van der Waals surface area contributed by atoms with Gasteiger partial charge in [-0.1, -0.05) is 6.42 Å². The van der Waals surface area contributed by atoms with Crippen LogP contribution in [-0.4, -0.2) is 16.1 Å². The zero-order chi connectivity index (χ0) is 11.7. The molecule has 0 amide bonds. The number of aromatic carboxylic acids is 1. The van der Waals surface area contributed by atoms with E-state index in [4.69, 9.17) is 5.11 Å². The van der Waals surface area contributed by atoms with E-state index in [1.807, 2.05) is 0 Å². The van der Waals surface area contributed by atoms with Crippen LogP contribution in [0, 0.1) is 6.92 Å². The molecule has 16 heavy (non-hydrogen) atoms. The van der Waals surface area contributed by atoms with Gasteiger partial charge in [0.05, 0.1) is 0 Å². The lowest BCUT2D eigenvalue weighted by Gasteiger charge is -2.11. The first-order valence-corrected chi connectivity index (χ1v) is 5.59. The van der Waals surface area contributed by atoms with Crippen molar-refractivity contribution in [2.24, 2.45) is 0 Å². The van der Waals surface area contributed by atoms with Gasteiger partial charge >= 0.3 is 5.97 Å². The largest absolute Gasteiger partial charge is 0.477 e. The highest BCUT2D eigenvalue weighted by Gasteiger charge is 2.19. The number of nitrogens with one attached hydrogen (secondary N) is 1. The van der Waals surface area contributed by atoms with Gasteiger partial charge in [-0.3, -0.25) is 4.79 Å². The maximum absolute atomic E-state index is 11.6. The summed E-state index contributed by atoms with van der Waals surface area (Å²) in [6.45, 7) is 1.74. The second-order valence-electron chi connectivity index (χ2n) is 4.28. The molecule has 0 unspecified atom stereocenters. The highest BCUT2D eigenvalue weighted by atomic mass is 16.4. The number of hydrogen-bond acceptors (Lipinski definition) is 2. The average molecular weight is 221 g/mol. The molecule has 1 aliphatic carbocycles. The summed E-state index contributed by atoms with van der Waals surface area (Å²) in [5.74, 6) is -1.13. The number of pyridine rings is 1. The Balaban J connectivity index is 2.65. The van der Waals surface area contributed by atoms with Crippen molar-refractivity contribution >= 4 is 5.97 Å². The topological polar surface area (TPSA) is 70.2 Å². The number of carboxylic acid groups (broad SMARTS) is 1. The fourth-order valence-corrected chi connectivity index (χ4v) is 2.41. The van der Waals surface area contributed by atoms with Crippen LogP contribution < -0.4 is 5.56 Å². The molecular formula is C12H15NO3. The molecule has 1 aliphatic rings. The van der Waals surface area contributed by atoms with Gasteiger partial charge < -0.3 is 10.1 Å². The van der Waals surface area contributed by atoms with Crippen molar-refractivity contribution < 1.29 is 9.90 Å². The molecule has 0 radical (unpaired) electrons. The molecule has 0 bridgehead atoms. The van der Waals surface area contributed by atoms with E-state index in [0.29, 0.717) is 5.56 Å². The Kier molecular flexibility index (Phi) is 2.81. The molecule has 0 fully saturated rings. The lowest BCUT2D eigenvalue weighted by Crippen LogP contribution is -2.23. The molecule has 2 N–H and O–H groups in total. The number of rotatable bonds is 1. The second kappa shape index (κ2) is 4.12. The predicted molar refractivity (Wildman–Crippen MR) is 60.0 cm³/mol. The van der Waals surface area contributed by atoms with Crippen LogP contribution in [0.25, 0.3) is 0 Å². The molecule has 86 valence electrons. The summed E-state index contributed by atoms with van der Waals surface area (Å²) >= 11 is 0. The molecule has 0 saturated heterocycles. The Morgan fingerprint density at radius 3 is 2.62 bits per heavy atom. The third-order valence-corrected chi connectivity index (χ3v) is 3.25. The van der Waals surface area contributed by atoms with Crippen LogP contribution in [0.2, 0.25) is 0 Å². The van der Waals surface area contributed by atoms with Crippen molar-refractivity contribution in [1.82, 2.24) is 4.98 Å². The van der Waals surface area contributed by atoms with Gasteiger partial charge in [-0.2, -0.15) is 0 Å². The Hall–Kier alpha value is -1.58. The van der Waals surface area contributed by atoms with Crippen molar-refractivity contribution in [2.75, 3.05) is 0 Å². The first kappa shape index (κ1) is 10.9. The molecule has 0 atom stereocenters. The summed E-state index contributed by atoms with van der Waals surface area (Å²) in [5, 5.41) is 9.00. The van der Waals surface area contributed by atoms with Gasteiger partial charge in [0.1, 0.15) is 5.56 Å². The normalized spacial score (nSPS) is 15.3. The summed E-state index contributed by atoms with van der Waals surface area (Å²) in [6.07, 6.45) is 5.00. The van der Waals surface area contributed by atoms with Crippen molar-refractivity contribution in [2.45, 2.75) is 39.0 Å². The lowest BCUT2D eigenvalue weighted by atomic mass is 9.99. The van der Waals surface area contributed by atoms with Crippen LogP contribution in [0.4, 0.5) is 0 Å². The smallest absolute Gasteiger partial charge is 0.341 e. The van der Waals surface area contributed by atoms with E-state index < -0.39 is 11.5 Å². The van der Waals surface area contributed by atoms with E-state index in [2.05, 4.69) is 4.98 Å². The molecule has 2 rings (SSSR count). The van der Waals surface area contributed by atoms with Gasteiger partial charge in [0.15, 0.2) is 0 Å². The van der Waals surface area contributed by atoms with E-state index >= 15 is 0 Å². The first-order chi connectivity index (χ1) is 7.61. The summed E-state index contributed by atoms with van der Waals surface area (Å²) in [4.78, 5) is 25.3. The molecule has 0 saturated carbocycles. The van der Waals surface area contributed by atoms with E-state index in [1.54, 1.807) is 6.92 Å². The third kappa shape index (κ3) is 1.75. The quantitative estimate of drug-likeness (QED) is 0.708. The molecule has 0 aromatic carbocycles. The standard InChI is InChI=1S/C12H15NO3/c1-7-8-5-3-2-4-6-9(8)13-11(14)10(7)12(15)16/h2-6H2,1H3,(H,13,14)(H,15,16). The molecule has 0 aliphatic heterocycles. The van der Waals surface area contributed by atoms with Crippen LogP contribution in [0.1, 0.15) is 46.4 Å². The summed E-state index contributed by atoms with van der Waals surface area (Å²) in [5.41, 5.74) is 2.05. The van der Waals surface area contributed by atoms with E-state index in [0.717, 1.165) is 43.4 Å². The van der Waals surface area contributed by atoms with Gasteiger partial charge in [0.25, 0.3) is 5.56 Å². The number of carboxylic acids is 1. The second-order valence-corrected chi connectivity index (χ2v) is 4.28. The Morgan fingerprint density at radius 2 is 1.94 bits per heavy atom. The third-order valence-electron chi connectivity index (χ3n) is 3.25. The van der Waals surface area contributed by atoms with Crippen LogP contribution in [0.5, 0.6) is 0 Å².